The van der Waals surface area contributed by atoms with Crippen molar-refractivity contribution < 1.29 is 14.4 Å². The fourth-order valence-electron chi connectivity index (χ4n) is 3.74. The maximum atomic E-state index is 12.4. The minimum atomic E-state index is -0.193. The van der Waals surface area contributed by atoms with Crippen LogP contribution in [0.2, 0.25) is 0 Å². The summed E-state index contributed by atoms with van der Waals surface area (Å²) in [5.74, 6) is 1.43. The van der Waals surface area contributed by atoms with Gasteiger partial charge in [0.15, 0.2) is 5.82 Å². The lowest BCUT2D eigenvalue weighted by atomic mass is 10.1. The van der Waals surface area contributed by atoms with Gasteiger partial charge in [0.1, 0.15) is 0 Å². The lowest BCUT2D eigenvalue weighted by Gasteiger charge is -2.39. The average Bonchev–Trinajstić information content (AvgIpc) is 3.22. The maximum absolute atomic E-state index is 12.4. The van der Waals surface area contributed by atoms with Crippen LogP contribution in [0.3, 0.4) is 0 Å². The van der Waals surface area contributed by atoms with Crippen LogP contribution in [0.15, 0.2) is 4.52 Å². The fraction of sp³-hybridized carbons (Fsp3) is 0.824. The molecule has 2 aliphatic rings. The lowest BCUT2D eigenvalue weighted by molar-refractivity contribution is -0.133. The molecule has 0 spiro atoms. The molecule has 1 aliphatic carbocycles. The molecule has 1 aromatic rings. The van der Waals surface area contributed by atoms with Crippen molar-refractivity contribution >= 4 is 5.91 Å². The molecule has 1 saturated heterocycles. The van der Waals surface area contributed by atoms with Crippen LogP contribution in [0.25, 0.3) is 0 Å². The number of aliphatic hydroxyl groups excluding tert-OH is 1. The molecule has 24 heavy (non-hydrogen) atoms. The summed E-state index contributed by atoms with van der Waals surface area (Å²) in [7, 11) is 0. The number of hydrogen-bond acceptors (Lipinski definition) is 6. The van der Waals surface area contributed by atoms with Crippen LogP contribution in [0.4, 0.5) is 0 Å². The summed E-state index contributed by atoms with van der Waals surface area (Å²) in [5.41, 5.74) is 0. The zero-order valence-corrected chi connectivity index (χ0v) is 14.5. The number of aryl methyl sites for hydroxylation is 2. The Bertz CT molecular complexity index is 540. The van der Waals surface area contributed by atoms with Crippen LogP contribution in [0.1, 0.15) is 50.7 Å². The molecule has 7 heteroatoms. The van der Waals surface area contributed by atoms with Gasteiger partial charge in [-0.1, -0.05) is 12.1 Å². The minimum absolute atomic E-state index is 0.150. The number of nitrogens with zero attached hydrogens (tertiary/aromatic N) is 4. The monoisotopic (exact) mass is 336 g/mol. The molecule has 134 valence electrons. The average molecular weight is 336 g/mol. The maximum Gasteiger partial charge on any atom is 0.227 e. The number of aliphatic hydroxyl groups is 1. The molecule has 1 aromatic heterocycles. The molecule has 1 aliphatic heterocycles. The molecule has 0 radical (unpaired) electrons. The molecular weight excluding hydrogens is 308 g/mol. The first-order valence-corrected chi connectivity index (χ1v) is 9.18. The van der Waals surface area contributed by atoms with E-state index in [0.717, 1.165) is 64.1 Å². The van der Waals surface area contributed by atoms with E-state index in [9.17, 15) is 9.90 Å². The second-order valence-corrected chi connectivity index (χ2v) is 6.84. The molecular formula is C17H28N4O3. The third kappa shape index (κ3) is 4.13. The topological polar surface area (TPSA) is 82.7 Å². The SMILES string of the molecule is CCCc1noc(CCC(=O)N2CCN([C@@H]3CCC[C@@H]3O)CC2)n1. The number of piperazine rings is 1. The van der Waals surface area contributed by atoms with Crippen LogP contribution < -0.4 is 0 Å². The van der Waals surface area contributed by atoms with Gasteiger partial charge in [0.05, 0.1) is 6.10 Å². The summed E-state index contributed by atoms with van der Waals surface area (Å²) >= 11 is 0. The van der Waals surface area contributed by atoms with E-state index in [-0.39, 0.29) is 18.1 Å². The summed E-state index contributed by atoms with van der Waals surface area (Å²) in [5, 5.41) is 13.9. The molecule has 2 heterocycles. The third-order valence-electron chi connectivity index (χ3n) is 5.12. The Balaban J connectivity index is 1.41. The minimum Gasteiger partial charge on any atom is -0.391 e. The highest BCUT2D eigenvalue weighted by Crippen LogP contribution is 2.25. The van der Waals surface area contributed by atoms with Crippen molar-refractivity contribution in [2.45, 2.75) is 64.0 Å². The van der Waals surface area contributed by atoms with Gasteiger partial charge < -0.3 is 14.5 Å². The largest absolute Gasteiger partial charge is 0.391 e. The summed E-state index contributed by atoms with van der Waals surface area (Å²) in [6, 6.07) is 0.289. The summed E-state index contributed by atoms with van der Waals surface area (Å²) in [6.45, 7) is 5.27. The van der Waals surface area contributed by atoms with E-state index in [1.54, 1.807) is 0 Å². The summed E-state index contributed by atoms with van der Waals surface area (Å²) < 4.78 is 5.18. The van der Waals surface area contributed by atoms with Crippen LogP contribution in [0.5, 0.6) is 0 Å². The Hall–Kier alpha value is -1.47. The summed E-state index contributed by atoms with van der Waals surface area (Å²) in [6.07, 6.45) is 5.62. The fourth-order valence-corrected chi connectivity index (χ4v) is 3.74. The Labute approximate surface area is 143 Å². The number of hydrogen-bond donors (Lipinski definition) is 1. The molecule has 2 fully saturated rings. The molecule has 0 unspecified atom stereocenters. The van der Waals surface area contributed by atoms with Gasteiger partial charge in [-0.3, -0.25) is 9.69 Å². The second kappa shape index (κ2) is 8.07. The van der Waals surface area contributed by atoms with E-state index in [4.69, 9.17) is 4.52 Å². The van der Waals surface area contributed by atoms with Crippen molar-refractivity contribution in [3.8, 4) is 0 Å². The molecule has 1 amide bonds. The van der Waals surface area contributed by atoms with Crippen LogP contribution >= 0.6 is 0 Å². The lowest BCUT2D eigenvalue weighted by Crippen LogP contribution is -2.53. The van der Waals surface area contributed by atoms with Crippen molar-refractivity contribution in [1.29, 1.82) is 0 Å². The molecule has 1 N–H and O–H groups in total. The zero-order chi connectivity index (χ0) is 16.9. The van der Waals surface area contributed by atoms with E-state index >= 15 is 0 Å². The van der Waals surface area contributed by atoms with Gasteiger partial charge in [-0.2, -0.15) is 4.98 Å². The Morgan fingerprint density at radius 2 is 2.04 bits per heavy atom. The predicted octanol–water partition coefficient (Wildman–Crippen LogP) is 1.01. The van der Waals surface area contributed by atoms with Gasteiger partial charge in [-0.15, -0.1) is 0 Å². The number of rotatable bonds is 6. The highest BCUT2D eigenvalue weighted by atomic mass is 16.5. The number of carbonyl (C=O) groups excluding carboxylic acids is 1. The van der Waals surface area contributed by atoms with E-state index in [2.05, 4.69) is 22.0 Å². The van der Waals surface area contributed by atoms with Crippen LogP contribution in [-0.4, -0.2) is 69.3 Å². The molecule has 0 bridgehead atoms. The first-order valence-electron chi connectivity index (χ1n) is 9.18. The third-order valence-corrected chi connectivity index (χ3v) is 5.12. The first kappa shape index (κ1) is 17.4. The Morgan fingerprint density at radius 3 is 2.71 bits per heavy atom. The Morgan fingerprint density at radius 1 is 1.25 bits per heavy atom. The number of aromatic nitrogens is 2. The highest BCUT2D eigenvalue weighted by molar-refractivity contribution is 5.76. The molecule has 2 atom stereocenters. The van der Waals surface area contributed by atoms with Gasteiger partial charge in [0.25, 0.3) is 0 Å². The predicted molar refractivity (Wildman–Crippen MR) is 88.4 cm³/mol. The normalized spacial score (nSPS) is 25.3. The van der Waals surface area contributed by atoms with Crippen molar-refractivity contribution in [2.24, 2.45) is 0 Å². The first-order chi connectivity index (χ1) is 11.7. The van der Waals surface area contributed by atoms with Gasteiger partial charge in [0.2, 0.25) is 11.8 Å². The van der Waals surface area contributed by atoms with E-state index < -0.39 is 0 Å². The Kier molecular flexibility index (Phi) is 5.84. The van der Waals surface area contributed by atoms with E-state index in [1.807, 2.05) is 4.90 Å². The van der Waals surface area contributed by atoms with Gasteiger partial charge >= 0.3 is 0 Å². The van der Waals surface area contributed by atoms with Gasteiger partial charge in [-0.05, 0) is 25.7 Å². The van der Waals surface area contributed by atoms with Gasteiger partial charge in [0, 0.05) is 51.5 Å². The number of amides is 1. The molecule has 3 rings (SSSR count). The van der Waals surface area contributed by atoms with Crippen molar-refractivity contribution in [3.05, 3.63) is 11.7 Å². The second-order valence-electron chi connectivity index (χ2n) is 6.84. The van der Waals surface area contributed by atoms with E-state index in [1.165, 1.54) is 0 Å². The van der Waals surface area contributed by atoms with E-state index in [0.29, 0.717) is 18.7 Å². The zero-order valence-electron chi connectivity index (χ0n) is 14.5. The standard InChI is InChI=1S/C17H28N4O3/c1-2-4-15-18-16(24-19-15)7-8-17(23)21-11-9-20(10-12-21)13-5-3-6-14(13)22/h13-14,22H,2-12H2,1H3/t13-,14+/m1/s1. The number of carbonyl (C=O) groups is 1. The van der Waals surface area contributed by atoms with Crippen molar-refractivity contribution in [2.75, 3.05) is 26.2 Å². The van der Waals surface area contributed by atoms with Crippen LogP contribution in [-0.2, 0) is 17.6 Å². The summed E-state index contributed by atoms with van der Waals surface area (Å²) in [4.78, 5) is 20.9. The van der Waals surface area contributed by atoms with Crippen molar-refractivity contribution in [1.82, 2.24) is 19.9 Å². The molecule has 1 saturated carbocycles. The van der Waals surface area contributed by atoms with Gasteiger partial charge in [-0.25, -0.2) is 0 Å². The quantitative estimate of drug-likeness (QED) is 0.835. The molecule has 7 nitrogen and oxygen atoms in total. The van der Waals surface area contributed by atoms with Crippen LogP contribution in [0, 0.1) is 0 Å². The highest BCUT2D eigenvalue weighted by Gasteiger charge is 2.33. The molecule has 0 aromatic carbocycles. The smallest absolute Gasteiger partial charge is 0.227 e. The van der Waals surface area contributed by atoms with Crippen molar-refractivity contribution in [3.63, 3.8) is 0 Å².